The van der Waals surface area contributed by atoms with Crippen LogP contribution in [0.2, 0.25) is 0 Å². The normalized spacial score (nSPS) is 16.1. The zero-order valence-corrected chi connectivity index (χ0v) is 15.7. The van der Waals surface area contributed by atoms with Gasteiger partial charge in [0.1, 0.15) is 18.0 Å². The van der Waals surface area contributed by atoms with Crippen LogP contribution in [0.25, 0.3) is 0 Å². The average molecular weight is 387 g/mol. The fourth-order valence-electron chi connectivity index (χ4n) is 3.48. The zero-order valence-electron chi connectivity index (χ0n) is 15.7. The van der Waals surface area contributed by atoms with E-state index < -0.39 is 10.5 Å². The summed E-state index contributed by atoms with van der Waals surface area (Å²) in [5.74, 6) is 1.03. The Morgan fingerprint density at radius 2 is 2.04 bits per heavy atom. The van der Waals surface area contributed by atoms with Gasteiger partial charge in [-0.05, 0) is 31.0 Å². The number of likely N-dealkylation sites (tertiary alicyclic amines) is 1. The summed E-state index contributed by atoms with van der Waals surface area (Å²) in [5.41, 5.74) is 0.132. The topological polar surface area (TPSA) is 104 Å². The molecule has 1 atom stereocenters. The van der Waals surface area contributed by atoms with Crippen LogP contribution in [-0.2, 0) is 11.3 Å². The second-order valence-corrected chi connectivity index (χ2v) is 6.46. The first-order chi connectivity index (χ1) is 13.4. The average Bonchev–Trinajstić information content (AvgIpc) is 3.18. The Kier molecular flexibility index (Phi) is 5.62. The third kappa shape index (κ3) is 3.83. The number of rotatable bonds is 6. The lowest BCUT2D eigenvalue weighted by Gasteiger charge is -2.27. The van der Waals surface area contributed by atoms with E-state index in [1.807, 2.05) is 6.07 Å². The Morgan fingerprint density at radius 1 is 1.25 bits per heavy atom. The molecular formula is C19H21N3O6. The van der Waals surface area contributed by atoms with Gasteiger partial charge < -0.3 is 14.4 Å². The second-order valence-electron chi connectivity index (χ2n) is 6.46. The largest absolute Gasteiger partial charge is 0.497 e. The SMILES string of the molecule is COc1ccc(OC)c([C@H]2CCCN2C(=O)Cn2cc([N+](=O)[O-])ccc2=O)c1. The van der Waals surface area contributed by atoms with Crippen LogP contribution in [-0.4, -0.2) is 41.1 Å². The molecule has 2 aromatic rings. The predicted octanol–water partition coefficient (Wildman–Crippen LogP) is 2.14. The molecule has 1 aliphatic rings. The van der Waals surface area contributed by atoms with Gasteiger partial charge in [0.05, 0.1) is 31.4 Å². The minimum Gasteiger partial charge on any atom is -0.497 e. The highest BCUT2D eigenvalue weighted by Crippen LogP contribution is 2.39. The number of pyridine rings is 1. The van der Waals surface area contributed by atoms with E-state index in [-0.39, 0.29) is 24.2 Å². The van der Waals surface area contributed by atoms with Gasteiger partial charge in [-0.25, -0.2) is 0 Å². The van der Waals surface area contributed by atoms with Crippen molar-refractivity contribution in [3.8, 4) is 11.5 Å². The molecule has 28 heavy (non-hydrogen) atoms. The van der Waals surface area contributed by atoms with E-state index >= 15 is 0 Å². The summed E-state index contributed by atoms with van der Waals surface area (Å²) < 4.78 is 11.8. The maximum absolute atomic E-state index is 12.9. The molecule has 9 heteroatoms. The standard InChI is InChI=1S/C19H21N3O6/c1-27-14-6-7-17(28-2)15(10-14)16-4-3-9-21(16)19(24)12-20-11-13(22(25)26)5-8-18(20)23/h5-8,10-11,16H,3-4,9,12H2,1-2H3/t16-/m1/s1. The van der Waals surface area contributed by atoms with E-state index in [0.29, 0.717) is 18.0 Å². The van der Waals surface area contributed by atoms with Crippen molar-refractivity contribution in [1.82, 2.24) is 9.47 Å². The highest BCUT2D eigenvalue weighted by Gasteiger charge is 2.32. The minimum atomic E-state index is -0.597. The number of benzene rings is 1. The summed E-state index contributed by atoms with van der Waals surface area (Å²) >= 11 is 0. The lowest BCUT2D eigenvalue weighted by molar-refractivity contribution is -0.385. The van der Waals surface area contributed by atoms with Crippen LogP contribution in [0.5, 0.6) is 11.5 Å². The van der Waals surface area contributed by atoms with E-state index in [9.17, 15) is 19.7 Å². The van der Waals surface area contributed by atoms with Crippen molar-refractivity contribution >= 4 is 11.6 Å². The van der Waals surface area contributed by atoms with Gasteiger partial charge in [0.15, 0.2) is 0 Å². The van der Waals surface area contributed by atoms with Gasteiger partial charge in [0, 0.05) is 24.2 Å². The number of methoxy groups -OCH3 is 2. The van der Waals surface area contributed by atoms with E-state index in [4.69, 9.17) is 9.47 Å². The Balaban J connectivity index is 1.88. The summed E-state index contributed by atoms with van der Waals surface area (Å²) in [6.07, 6.45) is 2.65. The molecule has 0 saturated carbocycles. The highest BCUT2D eigenvalue weighted by molar-refractivity contribution is 5.77. The molecule has 148 valence electrons. The van der Waals surface area contributed by atoms with Crippen LogP contribution in [0, 0.1) is 10.1 Å². The molecule has 0 radical (unpaired) electrons. The maximum Gasteiger partial charge on any atom is 0.285 e. The summed E-state index contributed by atoms with van der Waals surface area (Å²) in [6.45, 7) is 0.275. The van der Waals surface area contributed by atoms with Crippen LogP contribution < -0.4 is 15.0 Å². The molecule has 2 heterocycles. The van der Waals surface area contributed by atoms with Gasteiger partial charge >= 0.3 is 0 Å². The van der Waals surface area contributed by atoms with E-state index in [2.05, 4.69) is 0 Å². The number of carbonyl (C=O) groups is 1. The minimum absolute atomic E-state index is 0.216. The summed E-state index contributed by atoms with van der Waals surface area (Å²) in [5, 5.41) is 10.9. The first-order valence-electron chi connectivity index (χ1n) is 8.81. The molecule has 0 aliphatic carbocycles. The molecule has 1 aliphatic heterocycles. The first-order valence-corrected chi connectivity index (χ1v) is 8.81. The number of ether oxygens (including phenoxy) is 2. The molecule has 1 aromatic heterocycles. The molecule has 1 saturated heterocycles. The Morgan fingerprint density at radius 3 is 2.71 bits per heavy atom. The Labute approximate surface area is 161 Å². The zero-order chi connectivity index (χ0) is 20.3. The molecule has 0 spiro atoms. The molecule has 9 nitrogen and oxygen atoms in total. The van der Waals surface area contributed by atoms with Gasteiger partial charge in [0.25, 0.3) is 11.2 Å². The van der Waals surface area contributed by atoms with Gasteiger partial charge in [-0.15, -0.1) is 0 Å². The lowest BCUT2D eigenvalue weighted by atomic mass is 10.0. The lowest BCUT2D eigenvalue weighted by Crippen LogP contribution is -2.36. The van der Waals surface area contributed by atoms with Crippen molar-refractivity contribution in [2.45, 2.75) is 25.4 Å². The van der Waals surface area contributed by atoms with Crippen LogP contribution >= 0.6 is 0 Å². The highest BCUT2D eigenvalue weighted by atomic mass is 16.6. The van der Waals surface area contributed by atoms with Crippen LogP contribution in [0.1, 0.15) is 24.4 Å². The summed E-state index contributed by atoms with van der Waals surface area (Å²) in [6, 6.07) is 7.43. The number of nitrogens with zero attached hydrogens (tertiary/aromatic N) is 3. The van der Waals surface area contributed by atoms with Gasteiger partial charge in [-0.2, -0.15) is 0 Å². The number of amides is 1. The van der Waals surface area contributed by atoms with E-state index in [1.54, 1.807) is 31.3 Å². The molecule has 0 unspecified atom stereocenters. The third-order valence-corrected chi connectivity index (χ3v) is 4.85. The molecule has 1 fully saturated rings. The molecule has 3 rings (SSSR count). The molecule has 0 bridgehead atoms. The van der Waals surface area contributed by atoms with Crippen LogP contribution in [0.15, 0.2) is 41.3 Å². The van der Waals surface area contributed by atoms with E-state index in [1.165, 1.54) is 0 Å². The van der Waals surface area contributed by atoms with Crippen molar-refractivity contribution in [3.63, 3.8) is 0 Å². The Hall–Kier alpha value is -3.36. The quantitative estimate of drug-likeness (QED) is 0.556. The van der Waals surface area contributed by atoms with Crippen molar-refractivity contribution < 1.29 is 19.2 Å². The fourth-order valence-corrected chi connectivity index (χ4v) is 3.48. The van der Waals surface area contributed by atoms with Crippen LogP contribution in [0.4, 0.5) is 5.69 Å². The molecule has 0 N–H and O–H groups in total. The second kappa shape index (κ2) is 8.12. The predicted molar refractivity (Wildman–Crippen MR) is 101 cm³/mol. The van der Waals surface area contributed by atoms with Gasteiger partial charge in [0.2, 0.25) is 5.91 Å². The fraction of sp³-hybridized carbons (Fsp3) is 0.368. The molecule has 1 amide bonds. The number of hydrogen-bond donors (Lipinski definition) is 0. The maximum atomic E-state index is 12.9. The molecular weight excluding hydrogens is 366 g/mol. The van der Waals surface area contributed by atoms with E-state index in [0.717, 1.165) is 41.3 Å². The van der Waals surface area contributed by atoms with Gasteiger partial charge in [-0.1, -0.05) is 0 Å². The third-order valence-electron chi connectivity index (χ3n) is 4.85. The van der Waals surface area contributed by atoms with Crippen molar-refractivity contribution in [2.75, 3.05) is 20.8 Å². The summed E-state index contributed by atoms with van der Waals surface area (Å²) in [4.78, 5) is 37.0. The van der Waals surface area contributed by atoms with Crippen molar-refractivity contribution in [1.29, 1.82) is 0 Å². The Bertz CT molecular complexity index is 955. The number of hydrogen-bond acceptors (Lipinski definition) is 6. The number of carbonyl (C=O) groups excluding carboxylic acids is 1. The monoisotopic (exact) mass is 387 g/mol. The molecule has 1 aromatic carbocycles. The smallest absolute Gasteiger partial charge is 0.285 e. The number of nitro groups is 1. The van der Waals surface area contributed by atoms with Crippen LogP contribution in [0.3, 0.4) is 0 Å². The van der Waals surface area contributed by atoms with Crippen molar-refractivity contribution in [3.05, 3.63) is 62.6 Å². The first kappa shape index (κ1) is 19.4. The summed E-state index contributed by atoms with van der Waals surface area (Å²) in [7, 11) is 3.13. The van der Waals surface area contributed by atoms with Crippen molar-refractivity contribution in [2.24, 2.45) is 0 Å². The van der Waals surface area contributed by atoms with Gasteiger partial charge in [-0.3, -0.25) is 24.3 Å². The number of aromatic nitrogens is 1.